The van der Waals surface area contributed by atoms with E-state index in [2.05, 4.69) is 0 Å². The molecule has 1 aromatic heterocycles. The molecule has 0 aliphatic heterocycles. The second-order valence-electron chi connectivity index (χ2n) is 3.96. The van der Waals surface area contributed by atoms with Gasteiger partial charge in [-0.25, -0.2) is 0 Å². The fraction of sp³-hybridized carbons (Fsp3) is 0.250. The van der Waals surface area contributed by atoms with E-state index in [0.29, 0.717) is 5.69 Å². The van der Waals surface area contributed by atoms with Gasteiger partial charge < -0.3 is 15.9 Å². The molecule has 0 radical (unpaired) electrons. The van der Waals surface area contributed by atoms with E-state index in [1.165, 1.54) is 4.57 Å². The van der Waals surface area contributed by atoms with E-state index in [-0.39, 0.29) is 18.0 Å². The van der Waals surface area contributed by atoms with Crippen molar-refractivity contribution in [2.75, 3.05) is 12.3 Å². The number of aliphatic hydroxyl groups excluding tert-OH is 2. The lowest BCUT2D eigenvalue weighted by molar-refractivity contribution is 0.0811. The number of nitrogens with zero attached hydrogens (tertiary/aromatic N) is 1. The van der Waals surface area contributed by atoms with Crippen molar-refractivity contribution in [2.24, 2.45) is 0 Å². The summed E-state index contributed by atoms with van der Waals surface area (Å²) in [6.07, 6.45) is -0.940. The summed E-state index contributed by atoms with van der Waals surface area (Å²) in [7, 11) is 0. The van der Waals surface area contributed by atoms with Gasteiger partial charge in [0.2, 0.25) is 0 Å². The summed E-state index contributed by atoms with van der Waals surface area (Å²) in [6.45, 7) is -0.290. The summed E-state index contributed by atoms with van der Waals surface area (Å²) < 4.78 is 1.46. The van der Waals surface area contributed by atoms with Gasteiger partial charge in [0.05, 0.1) is 24.9 Å². The van der Waals surface area contributed by atoms with Gasteiger partial charge in [-0.3, -0.25) is 9.36 Å². The summed E-state index contributed by atoms with van der Waals surface area (Å²) in [5.74, 6) is 0. The molecule has 0 aliphatic carbocycles. The minimum absolute atomic E-state index is 0.0819. The number of anilines is 1. The second-order valence-corrected chi connectivity index (χ2v) is 4.78. The van der Waals surface area contributed by atoms with Crippen LogP contribution in [0.5, 0.6) is 0 Å². The highest BCUT2D eigenvalue weighted by Gasteiger charge is 2.12. The van der Waals surface area contributed by atoms with Crippen molar-refractivity contribution in [1.29, 1.82) is 0 Å². The molecule has 96 valence electrons. The minimum Gasteiger partial charge on any atom is -0.399 e. The zero-order valence-electron chi connectivity index (χ0n) is 9.61. The molecule has 0 amide bonds. The molecule has 6 heteroatoms. The Hall–Kier alpha value is -1.63. The van der Waals surface area contributed by atoms with Gasteiger partial charge in [0.25, 0.3) is 0 Å². The Morgan fingerprint density at radius 2 is 2.00 bits per heavy atom. The smallest absolute Gasteiger partial charge is 0.307 e. The fourth-order valence-corrected chi connectivity index (χ4v) is 2.43. The molecule has 4 N–H and O–H groups in total. The maximum absolute atomic E-state index is 11.7. The molecule has 1 unspecified atom stereocenters. The van der Waals surface area contributed by atoms with Crippen LogP contribution in [-0.2, 0) is 6.54 Å². The lowest BCUT2D eigenvalue weighted by Gasteiger charge is -2.11. The third kappa shape index (κ3) is 2.61. The van der Waals surface area contributed by atoms with E-state index < -0.39 is 6.10 Å². The number of benzene rings is 1. The van der Waals surface area contributed by atoms with Gasteiger partial charge in [-0.1, -0.05) is 23.5 Å². The number of thiazole rings is 1. The minimum atomic E-state index is -0.940. The van der Waals surface area contributed by atoms with Crippen LogP contribution in [0, 0.1) is 0 Å². The van der Waals surface area contributed by atoms with Crippen molar-refractivity contribution in [1.82, 2.24) is 4.57 Å². The number of hydrogen-bond acceptors (Lipinski definition) is 5. The van der Waals surface area contributed by atoms with E-state index in [4.69, 9.17) is 10.8 Å². The first-order chi connectivity index (χ1) is 8.61. The van der Waals surface area contributed by atoms with Gasteiger partial charge in [-0.05, 0) is 17.7 Å². The zero-order chi connectivity index (χ0) is 13.1. The van der Waals surface area contributed by atoms with Crippen LogP contribution in [-0.4, -0.2) is 27.5 Å². The molecule has 0 bridgehead atoms. The lowest BCUT2D eigenvalue weighted by Crippen LogP contribution is -2.26. The first kappa shape index (κ1) is 12.8. The third-order valence-electron chi connectivity index (χ3n) is 2.59. The normalized spacial score (nSPS) is 12.6. The summed E-state index contributed by atoms with van der Waals surface area (Å²) in [5.41, 5.74) is 7.84. The molecule has 18 heavy (non-hydrogen) atoms. The Kier molecular flexibility index (Phi) is 3.81. The molecule has 1 atom stereocenters. The SMILES string of the molecule is Nc1ccc(-c2csc(=O)n2CC(O)CO)cc1. The summed E-state index contributed by atoms with van der Waals surface area (Å²) >= 11 is 1.07. The average molecular weight is 266 g/mol. The largest absolute Gasteiger partial charge is 0.399 e. The summed E-state index contributed by atoms with van der Waals surface area (Å²) in [4.78, 5) is 11.5. The van der Waals surface area contributed by atoms with Crippen LogP contribution < -0.4 is 10.6 Å². The molecule has 0 aliphatic rings. The predicted molar refractivity (Wildman–Crippen MR) is 71.5 cm³/mol. The zero-order valence-corrected chi connectivity index (χ0v) is 10.4. The van der Waals surface area contributed by atoms with Gasteiger partial charge in [0.1, 0.15) is 0 Å². The molecular weight excluding hydrogens is 252 g/mol. The summed E-state index contributed by atoms with van der Waals surface area (Å²) in [6, 6.07) is 7.14. The van der Waals surface area contributed by atoms with Crippen molar-refractivity contribution in [3.8, 4) is 11.3 Å². The quantitative estimate of drug-likeness (QED) is 0.704. The van der Waals surface area contributed by atoms with Crippen LogP contribution in [0.3, 0.4) is 0 Å². The van der Waals surface area contributed by atoms with E-state index >= 15 is 0 Å². The Bertz CT molecular complexity index is 574. The van der Waals surface area contributed by atoms with Crippen molar-refractivity contribution < 1.29 is 10.2 Å². The maximum Gasteiger partial charge on any atom is 0.307 e. The summed E-state index contributed by atoms with van der Waals surface area (Å²) in [5, 5.41) is 20.0. The molecule has 5 nitrogen and oxygen atoms in total. The van der Waals surface area contributed by atoms with Crippen LogP contribution in [0.2, 0.25) is 0 Å². The highest BCUT2D eigenvalue weighted by Crippen LogP contribution is 2.21. The van der Waals surface area contributed by atoms with Gasteiger partial charge in [0, 0.05) is 11.1 Å². The van der Waals surface area contributed by atoms with Gasteiger partial charge in [-0.2, -0.15) is 0 Å². The molecule has 1 heterocycles. The Morgan fingerprint density at radius 1 is 1.33 bits per heavy atom. The number of hydrogen-bond donors (Lipinski definition) is 3. The first-order valence-corrected chi connectivity index (χ1v) is 6.33. The van der Waals surface area contributed by atoms with E-state index in [1.807, 2.05) is 12.1 Å². The standard InChI is InChI=1S/C12H14N2O3S/c13-9-3-1-8(2-4-9)11-7-18-12(17)14(11)5-10(16)6-15/h1-4,7,10,15-16H,5-6,13H2. The van der Waals surface area contributed by atoms with Crippen LogP contribution >= 0.6 is 11.3 Å². The predicted octanol–water partition coefficient (Wildman–Crippen LogP) is 0.512. The Balaban J connectivity index is 2.39. The lowest BCUT2D eigenvalue weighted by atomic mass is 10.1. The van der Waals surface area contributed by atoms with Crippen molar-refractivity contribution in [3.63, 3.8) is 0 Å². The number of aliphatic hydroxyl groups is 2. The molecule has 0 fully saturated rings. The van der Waals surface area contributed by atoms with Gasteiger partial charge in [-0.15, -0.1) is 0 Å². The number of nitrogens with two attached hydrogens (primary N) is 1. The van der Waals surface area contributed by atoms with E-state index in [9.17, 15) is 9.90 Å². The third-order valence-corrected chi connectivity index (χ3v) is 3.36. The van der Waals surface area contributed by atoms with E-state index in [0.717, 1.165) is 22.6 Å². The Morgan fingerprint density at radius 3 is 2.61 bits per heavy atom. The van der Waals surface area contributed by atoms with Crippen LogP contribution in [0.4, 0.5) is 5.69 Å². The van der Waals surface area contributed by atoms with Crippen LogP contribution in [0.1, 0.15) is 0 Å². The molecule has 0 spiro atoms. The van der Waals surface area contributed by atoms with Crippen molar-refractivity contribution in [3.05, 3.63) is 39.3 Å². The van der Waals surface area contributed by atoms with Crippen molar-refractivity contribution in [2.45, 2.75) is 12.6 Å². The monoisotopic (exact) mass is 266 g/mol. The molecule has 2 aromatic rings. The number of aromatic nitrogens is 1. The molecule has 2 rings (SSSR count). The van der Waals surface area contributed by atoms with Crippen molar-refractivity contribution >= 4 is 17.0 Å². The van der Waals surface area contributed by atoms with Gasteiger partial charge >= 0.3 is 4.87 Å². The topological polar surface area (TPSA) is 88.5 Å². The average Bonchev–Trinajstić information content (AvgIpc) is 2.72. The number of nitrogen functional groups attached to an aromatic ring is 1. The van der Waals surface area contributed by atoms with Crippen LogP contribution in [0.25, 0.3) is 11.3 Å². The molecule has 1 aromatic carbocycles. The number of rotatable bonds is 4. The highest BCUT2D eigenvalue weighted by molar-refractivity contribution is 7.07. The molecule has 0 saturated carbocycles. The van der Waals surface area contributed by atoms with E-state index in [1.54, 1.807) is 17.5 Å². The molecule has 0 saturated heterocycles. The molecular formula is C12H14N2O3S. The van der Waals surface area contributed by atoms with Crippen LogP contribution in [0.15, 0.2) is 34.4 Å². The maximum atomic E-state index is 11.7. The van der Waals surface area contributed by atoms with Gasteiger partial charge in [0.15, 0.2) is 0 Å². The highest BCUT2D eigenvalue weighted by atomic mass is 32.1. The Labute approximate surface area is 108 Å². The first-order valence-electron chi connectivity index (χ1n) is 5.45. The fourth-order valence-electron chi connectivity index (χ4n) is 1.65. The second kappa shape index (κ2) is 5.34.